The lowest BCUT2D eigenvalue weighted by atomic mass is 10.1. The van der Waals surface area contributed by atoms with E-state index in [1.54, 1.807) is 36.4 Å². The van der Waals surface area contributed by atoms with E-state index < -0.39 is 0 Å². The fraction of sp³-hybridized carbons (Fsp3) is 0.333. The van der Waals surface area contributed by atoms with Crippen LogP contribution in [-0.4, -0.2) is 85.3 Å². The number of carbonyl (C=O) groups excluding carboxylic acids is 2. The van der Waals surface area contributed by atoms with Crippen LogP contribution in [0.1, 0.15) is 45.0 Å². The van der Waals surface area contributed by atoms with Gasteiger partial charge in [0.2, 0.25) is 0 Å². The minimum Gasteiger partial charge on any atom is -0.489 e. The summed E-state index contributed by atoms with van der Waals surface area (Å²) >= 11 is 0. The highest BCUT2D eigenvalue weighted by atomic mass is 16.5. The van der Waals surface area contributed by atoms with Crippen molar-refractivity contribution in [2.75, 3.05) is 61.5 Å². The molecule has 11 heteroatoms. The molecule has 4 fully saturated rings. The Bertz CT molecular complexity index is 1860. The predicted molar refractivity (Wildman–Crippen MR) is 193 cm³/mol. The molecule has 0 spiro atoms. The lowest BCUT2D eigenvalue weighted by molar-refractivity contribution is -0.115. The maximum absolute atomic E-state index is 13.0. The number of nitrogens with two attached hydrogens (primary N) is 2. The Balaban J connectivity index is 0.789. The molecule has 4 aliphatic rings. The van der Waals surface area contributed by atoms with Crippen LogP contribution in [0.15, 0.2) is 91.0 Å². The monoisotopic (exact) mass is 674 g/mol. The van der Waals surface area contributed by atoms with Gasteiger partial charge in [0, 0.05) is 49.3 Å². The quantitative estimate of drug-likeness (QED) is 0.165. The Hall–Kier alpha value is -5.10. The summed E-state index contributed by atoms with van der Waals surface area (Å²) in [4.78, 5) is 30.5. The first-order valence-electron chi connectivity index (χ1n) is 17.3. The number of nitrogen functional groups attached to an aromatic ring is 2. The first-order chi connectivity index (χ1) is 24.4. The smallest absolute Gasteiger partial charge is 0.255 e. The standard InChI is InChI=1S/C39H42N6O5/c40-33-3-1-2-4-35(33)42-38(46)24-5-10-28(11-6-24)49-30-15-16-44(19-30)37-18-32(37)26-9-14-36(34(41)17-26)43-39(47)25-7-12-29(13-8-25)50-31-20-45(21-31)27-22-48-23-27/h1-14,17,27,30-32,37H,15-16,18-23,40-41H2,(H,42,46)(H,43,47)/t30-,32?,37?/m0/s1. The maximum Gasteiger partial charge on any atom is 0.255 e. The number of hydrogen-bond acceptors (Lipinski definition) is 9. The molecule has 0 aromatic heterocycles. The summed E-state index contributed by atoms with van der Waals surface area (Å²) in [7, 11) is 0. The highest BCUT2D eigenvalue weighted by molar-refractivity contribution is 6.06. The third-order valence-corrected chi connectivity index (χ3v) is 10.2. The van der Waals surface area contributed by atoms with Gasteiger partial charge in [-0.25, -0.2) is 0 Å². The fourth-order valence-electron chi connectivity index (χ4n) is 7.05. The highest BCUT2D eigenvalue weighted by Crippen LogP contribution is 2.47. The van der Waals surface area contributed by atoms with Crippen LogP contribution >= 0.6 is 0 Å². The molecule has 6 N–H and O–H groups in total. The van der Waals surface area contributed by atoms with E-state index in [-0.39, 0.29) is 24.0 Å². The van der Waals surface area contributed by atoms with Crippen molar-refractivity contribution < 1.29 is 23.8 Å². The van der Waals surface area contributed by atoms with Gasteiger partial charge in [0.15, 0.2) is 0 Å². The summed E-state index contributed by atoms with van der Waals surface area (Å²) in [6, 6.07) is 28.6. The van der Waals surface area contributed by atoms with Gasteiger partial charge >= 0.3 is 0 Å². The van der Waals surface area contributed by atoms with Gasteiger partial charge in [-0.05, 0) is 91.2 Å². The van der Waals surface area contributed by atoms with Gasteiger partial charge < -0.3 is 36.3 Å². The number of ether oxygens (including phenoxy) is 3. The van der Waals surface area contributed by atoms with Gasteiger partial charge in [0.25, 0.3) is 11.8 Å². The van der Waals surface area contributed by atoms with Crippen LogP contribution in [-0.2, 0) is 4.74 Å². The number of likely N-dealkylation sites (tertiary alicyclic amines) is 2. The SMILES string of the molecule is Nc1ccccc1NC(=O)c1ccc(O[C@H]2CCN(C3CC3c3ccc(NC(=O)c4ccc(OC5CN(C6COC6)C5)cc4)c(N)c3)C2)cc1. The molecule has 0 bridgehead atoms. The van der Waals surface area contributed by atoms with Crippen molar-refractivity contribution in [3.05, 3.63) is 108 Å². The molecule has 0 radical (unpaired) electrons. The van der Waals surface area contributed by atoms with Crippen molar-refractivity contribution in [2.24, 2.45) is 0 Å². The minimum absolute atomic E-state index is 0.0828. The predicted octanol–water partition coefficient (Wildman–Crippen LogP) is 4.83. The molecule has 11 nitrogen and oxygen atoms in total. The first-order valence-corrected chi connectivity index (χ1v) is 17.3. The van der Waals surface area contributed by atoms with Crippen LogP contribution in [0.25, 0.3) is 0 Å². The number of rotatable bonds is 11. The zero-order chi connectivity index (χ0) is 34.2. The van der Waals surface area contributed by atoms with Gasteiger partial charge in [0.1, 0.15) is 23.7 Å². The van der Waals surface area contributed by atoms with Gasteiger partial charge in [-0.2, -0.15) is 0 Å². The topological polar surface area (TPSA) is 144 Å². The number of para-hydroxylation sites is 2. The van der Waals surface area contributed by atoms with E-state index in [0.717, 1.165) is 63.7 Å². The van der Waals surface area contributed by atoms with Crippen LogP contribution in [0.5, 0.6) is 11.5 Å². The zero-order valence-electron chi connectivity index (χ0n) is 27.8. The van der Waals surface area contributed by atoms with E-state index in [4.69, 9.17) is 25.7 Å². The average molecular weight is 675 g/mol. The van der Waals surface area contributed by atoms with Gasteiger partial charge in [-0.1, -0.05) is 18.2 Å². The van der Waals surface area contributed by atoms with E-state index >= 15 is 0 Å². The normalized spacial score (nSPS) is 22.3. The van der Waals surface area contributed by atoms with E-state index in [0.29, 0.717) is 51.9 Å². The third-order valence-electron chi connectivity index (χ3n) is 10.2. The van der Waals surface area contributed by atoms with Gasteiger partial charge in [0.05, 0.1) is 42.0 Å². The average Bonchev–Trinajstić information content (AvgIpc) is 3.75. The summed E-state index contributed by atoms with van der Waals surface area (Å²) in [5, 5.41) is 5.82. The van der Waals surface area contributed by atoms with Gasteiger partial charge in [-0.3, -0.25) is 19.4 Å². The number of anilines is 4. The molecule has 3 saturated heterocycles. The summed E-state index contributed by atoms with van der Waals surface area (Å²) in [5.41, 5.74) is 16.9. The second-order valence-electron chi connectivity index (χ2n) is 13.7. The molecule has 3 heterocycles. The van der Waals surface area contributed by atoms with E-state index in [1.165, 1.54) is 5.56 Å². The number of amides is 2. The van der Waals surface area contributed by atoms with Crippen molar-refractivity contribution in [3.63, 3.8) is 0 Å². The highest BCUT2D eigenvalue weighted by Gasteiger charge is 2.45. The van der Waals surface area contributed by atoms with Crippen LogP contribution in [0.3, 0.4) is 0 Å². The molecule has 1 aliphatic carbocycles. The van der Waals surface area contributed by atoms with Crippen molar-refractivity contribution in [3.8, 4) is 11.5 Å². The Kier molecular flexibility index (Phi) is 8.78. The van der Waals surface area contributed by atoms with Crippen molar-refractivity contribution in [1.29, 1.82) is 0 Å². The molecule has 2 amide bonds. The molecule has 2 unspecified atom stereocenters. The first kappa shape index (κ1) is 32.1. The second-order valence-corrected chi connectivity index (χ2v) is 13.7. The largest absolute Gasteiger partial charge is 0.489 e. The van der Waals surface area contributed by atoms with E-state index in [2.05, 4.69) is 26.5 Å². The molecular formula is C39H42N6O5. The molecule has 3 atom stereocenters. The Labute approximate surface area is 291 Å². The van der Waals surface area contributed by atoms with Crippen molar-refractivity contribution in [2.45, 2.75) is 43.1 Å². The Morgan fingerprint density at radius 1 is 0.700 bits per heavy atom. The number of carbonyl (C=O) groups is 2. The number of benzene rings is 4. The van der Waals surface area contributed by atoms with Gasteiger partial charge in [-0.15, -0.1) is 0 Å². The lowest BCUT2D eigenvalue weighted by Gasteiger charge is -2.46. The lowest BCUT2D eigenvalue weighted by Crippen LogP contribution is -2.62. The molecule has 4 aromatic carbocycles. The summed E-state index contributed by atoms with van der Waals surface area (Å²) in [6.07, 6.45) is 2.26. The van der Waals surface area contributed by atoms with Crippen molar-refractivity contribution >= 4 is 34.6 Å². The number of nitrogens with zero attached hydrogens (tertiary/aromatic N) is 2. The summed E-state index contributed by atoms with van der Waals surface area (Å²) in [5.74, 6) is 1.48. The van der Waals surface area contributed by atoms with Crippen LogP contribution in [0, 0.1) is 0 Å². The van der Waals surface area contributed by atoms with E-state index in [9.17, 15) is 9.59 Å². The Morgan fingerprint density at radius 3 is 1.90 bits per heavy atom. The summed E-state index contributed by atoms with van der Waals surface area (Å²) in [6.45, 7) is 5.26. The second kappa shape index (κ2) is 13.7. The van der Waals surface area contributed by atoms with Crippen LogP contribution < -0.4 is 31.6 Å². The third kappa shape index (κ3) is 6.98. The zero-order valence-corrected chi connectivity index (χ0v) is 27.8. The minimum atomic E-state index is -0.218. The molecule has 258 valence electrons. The molecule has 1 saturated carbocycles. The summed E-state index contributed by atoms with van der Waals surface area (Å²) < 4.78 is 17.6. The molecule has 8 rings (SSSR count). The van der Waals surface area contributed by atoms with Crippen molar-refractivity contribution in [1.82, 2.24) is 9.80 Å². The van der Waals surface area contributed by atoms with Crippen LogP contribution in [0.4, 0.5) is 22.7 Å². The maximum atomic E-state index is 13.0. The van der Waals surface area contributed by atoms with Crippen LogP contribution in [0.2, 0.25) is 0 Å². The molecule has 50 heavy (non-hydrogen) atoms. The number of hydrogen-bond donors (Lipinski definition) is 4. The number of nitrogens with one attached hydrogen (secondary N) is 2. The molecule has 3 aliphatic heterocycles. The molecule has 4 aromatic rings. The van der Waals surface area contributed by atoms with E-state index in [1.807, 2.05) is 48.5 Å². The Morgan fingerprint density at radius 2 is 1.30 bits per heavy atom. The molecular weight excluding hydrogens is 632 g/mol. The fourth-order valence-corrected chi connectivity index (χ4v) is 7.05.